The zero-order valence-electron chi connectivity index (χ0n) is 8.74. The van der Waals surface area contributed by atoms with Gasteiger partial charge < -0.3 is 5.32 Å². The van der Waals surface area contributed by atoms with Crippen molar-refractivity contribution in [2.75, 3.05) is 6.54 Å². The van der Waals surface area contributed by atoms with E-state index in [-0.39, 0.29) is 11.9 Å². The minimum atomic E-state index is -0.126. The van der Waals surface area contributed by atoms with Gasteiger partial charge in [-0.25, -0.2) is 4.39 Å². The van der Waals surface area contributed by atoms with Crippen LogP contribution in [-0.4, -0.2) is 6.54 Å². The summed E-state index contributed by atoms with van der Waals surface area (Å²) in [5, 5.41) is 5.47. The van der Waals surface area contributed by atoms with Gasteiger partial charge >= 0.3 is 0 Å². The first-order chi connectivity index (χ1) is 7.86. The summed E-state index contributed by atoms with van der Waals surface area (Å²) in [7, 11) is 0. The van der Waals surface area contributed by atoms with E-state index in [0.29, 0.717) is 0 Å². The van der Waals surface area contributed by atoms with Gasteiger partial charge in [0.1, 0.15) is 5.82 Å². The normalized spacial score (nSPS) is 19.4. The van der Waals surface area contributed by atoms with Gasteiger partial charge in [-0.05, 0) is 29.5 Å². The van der Waals surface area contributed by atoms with Gasteiger partial charge in [0.2, 0.25) is 0 Å². The Bertz CT molecular complexity index is 506. The maximum Gasteiger partial charge on any atom is 0.128 e. The Morgan fingerprint density at radius 2 is 2.06 bits per heavy atom. The molecule has 0 bridgehead atoms. The second-order valence-electron chi connectivity index (χ2n) is 3.96. The molecule has 1 atom stereocenters. The smallest absolute Gasteiger partial charge is 0.128 e. The predicted molar refractivity (Wildman–Crippen MR) is 64.3 cm³/mol. The molecule has 1 N–H and O–H groups in total. The summed E-state index contributed by atoms with van der Waals surface area (Å²) >= 11 is 1.77. The van der Waals surface area contributed by atoms with Crippen LogP contribution in [0, 0.1) is 5.82 Å². The van der Waals surface area contributed by atoms with Crippen molar-refractivity contribution in [1.82, 2.24) is 5.32 Å². The van der Waals surface area contributed by atoms with Gasteiger partial charge in [-0.15, -0.1) is 11.3 Å². The second kappa shape index (κ2) is 4.00. The Morgan fingerprint density at radius 3 is 2.94 bits per heavy atom. The lowest BCUT2D eigenvalue weighted by Gasteiger charge is -2.24. The summed E-state index contributed by atoms with van der Waals surface area (Å²) in [6, 6.07) is 9.13. The minimum Gasteiger partial charge on any atom is -0.306 e. The average Bonchev–Trinajstić information content (AvgIpc) is 2.77. The maximum atomic E-state index is 13.7. The number of rotatable bonds is 1. The fourth-order valence-electron chi connectivity index (χ4n) is 2.24. The first-order valence-corrected chi connectivity index (χ1v) is 6.28. The topological polar surface area (TPSA) is 12.0 Å². The molecule has 0 radical (unpaired) electrons. The highest BCUT2D eigenvalue weighted by molar-refractivity contribution is 7.10. The first-order valence-electron chi connectivity index (χ1n) is 5.40. The number of nitrogens with one attached hydrogen (secondary N) is 1. The summed E-state index contributed by atoms with van der Waals surface area (Å²) in [4.78, 5) is 1.38. The molecule has 0 saturated heterocycles. The van der Waals surface area contributed by atoms with Crippen LogP contribution in [0.3, 0.4) is 0 Å². The Labute approximate surface area is 97.9 Å². The maximum absolute atomic E-state index is 13.7. The molecule has 82 valence electrons. The molecule has 0 spiro atoms. The molecule has 0 saturated carbocycles. The lowest BCUT2D eigenvalue weighted by atomic mass is 9.95. The van der Waals surface area contributed by atoms with Crippen LogP contribution in [0.1, 0.15) is 22.0 Å². The number of hydrogen-bond donors (Lipinski definition) is 1. The molecule has 1 aliphatic heterocycles. The van der Waals surface area contributed by atoms with Crippen molar-refractivity contribution in [1.29, 1.82) is 0 Å². The summed E-state index contributed by atoms with van der Waals surface area (Å²) in [6.45, 7) is 0.923. The molecule has 1 aromatic heterocycles. The van der Waals surface area contributed by atoms with E-state index in [2.05, 4.69) is 16.8 Å². The monoisotopic (exact) mass is 233 g/mol. The van der Waals surface area contributed by atoms with Gasteiger partial charge in [-0.3, -0.25) is 0 Å². The van der Waals surface area contributed by atoms with Crippen molar-refractivity contribution in [3.05, 3.63) is 57.5 Å². The second-order valence-corrected chi connectivity index (χ2v) is 4.96. The van der Waals surface area contributed by atoms with E-state index in [4.69, 9.17) is 0 Å². The third-order valence-corrected chi connectivity index (χ3v) is 4.00. The lowest BCUT2D eigenvalue weighted by Crippen LogP contribution is -2.30. The van der Waals surface area contributed by atoms with E-state index >= 15 is 0 Å². The number of hydrogen-bond acceptors (Lipinski definition) is 2. The van der Waals surface area contributed by atoms with Crippen LogP contribution in [0.15, 0.2) is 35.7 Å². The van der Waals surface area contributed by atoms with Crippen LogP contribution < -0.4 is 5.32 Å². The summed E-state index contributed by atoms with van der Waals surface area (Å²) < 4.78 is 13.7. The molecule has 2 aromatic rings. The average molecular weight is 233 g/mol. The molecule has 1 aromatic carbocycles. The summed E-state index contributed by atoms with van der Waals surface area (Å²) in [5.74, 6) is -0.126. The number of benzene rings is 1. The van der Waals surface area contributed by atoms with E-state index < -0.39 is 0 Å². The van der Waals surface area contributed by atoms with Gasteiger partial charge in [-0.1, -0.05) is 18.2 Å². The largest absolute Gasteiger partial charge is 0.306 e. The van der Waals surface area contributed by atoms with Gasteiger partial charge in [0.05, 0.1) is 6.04 Å². The molecule has 3 heteroatoms. The van der Waals surface area contributed by atoms with E-state index in [9.17, 15) is 4.39 Å². The Balaban J connectivity index is 2.08. The Morgan fingerprint density at radius 1 is 1.19 bits per heavy atom. The minimum absolute atomic E-state index is 0.0243. The zero-order valence-corrected chi connectivity index (χ0v) is 9.56. The van der Waals surface area contributed by atoms with E-state index in [1.54, 1.807) is 17.4 Å². The molecule has 1 nitrogen and oxygen atoms in total. The molecule has 3 rings (SSSR count). The van der Waals surface area contributed by atoms with Crippen LogP contribution >= 0.6 is 11.3 Å². The first kappa shape index (κ1) is 10.00. The summed E-state index contributed by atoms with van der Waals surface area (Å²) in [6.07, 6.45) is 1.05. The Kier molecular flexibility index (Phi) is 2.50. The molecular weight excluding hydrogens is 221 g/mol. The third-order valence-electron chi connectivity index (χ3n) is 3.01. The van der Waals surface area contributed by atoms with Crippen molar-refractivity contribution in [3.8, 4) is 0 Å². The fraction of sp³-hybridized carbons (Fsp3) is 0.231. The molecule has 0 amide bonds. The fourth-order valence-corrected chi connectivity index (χ4v) is 3.16. The van der Waals surface area contributed by atoms with Gasteiger partial charge in [-0.2, -0.15) is 0 Å². The van der Waals surface area contributed by atoms with Crippen LogP contribution in [-0.2, 0) is 6.42 Å². The van der Waals surface area contributed by atoms with Crippen molar-refractivity contribution in [2.24, 2.45) is 0 Å². The quantitative estimate of drug-likeness (QED) is 0.798. The predicted octanol–water partition coefficient (Wildman–Crippen LogP) is 3.12. The Hall–Kier alpha value is -1.19. The third kappa shape index (κ3) is 1.56. The van der Waals surface area contributed by atoms with Crippen molar-refractivity contribution >= 4 is 11.3 Å². The number of thiophene rings is 1. The van der Waals surface area contributed by atoms with Crippen molar-refractivity contribution in [2.45, 2.75) is 12.5 Å². The van der Waals surface area contributed by atoms with Gasteiger partial charge in [0.15, 0.2) is 0 Å². The van der Waals surface area contributed by atoms with Crippen LogP contribution in [0.4, 0.5) is 4.39 Å². The van der Waals surface area contributed by atoms with Crippen molar-refractivity contribution in [3.63, 3.8) is 0 Å². The number of halogens is 1. The van der Waals surface area contributed by atoms with Crippen LogP contribution in [0.5, 0.6) is 0 Å². The van der Waals surface area contributed by atoms with Crippen LogP contribution in [0.2, 0.25) is 0 Å². The van der Waals surface area contributed by atoms with Gasteiger partial charge in [0.25, 0.3) is 0 Å². The standard InChI is InChI=1S/C13H12FNS/c14-11-4-2-1-3-9(11)13-10-6-8-16-12(10)5-7-15-13/h1-4,6,8,13,15H,5,7H2. The van der Waals surface area contributed by atoms with E-state index in [0.717, 1.165) is 18.5 Å². The lowest BCUT2D eigenvalue weighted by molar-refractivity contribution is 0.532. The van der Waals surface area contributed by atoms with Crippen LogP contribution in [0.25, 0.3) is 0 Å². The molecule has 16 heavy (non-hydrogen) atoms. The highest BCUT2D eigenvalue weighted by Crippen LogP contribution is 2.32. The molecule has 0 aliphatic carbocycles. The van der Waals surface area contributed by atoms with E-state index in [1.807, 2.05) is 12.1 Å². The number of fused-ring (bicyclic) bond motifs is 1. The van der Waals surface area contributed by atoms with Crippen molar-refractivity contribution < 1.29 is 4.39 Å². The molecule has 1 unspecified atom stereocenters. The SMILES string of the molecule is Fc1ccccc1C1NCCc2sccc21. The molecule has 1 aliphatic rings. The van der Waals surface area contributed by atoms with Gasteiger partial charge in [0, 0.05) is 17.0 Å². The highest BCUT2D eigenvalue weighted by Gasteiger charge is 2.23. The highest BCUT2D eigenvalue weighted by atomic mass is 32.1. The molecular formula is C13H12FNS. The molecule has 0 fully saturated rings. The summed E-state index contributed by atoms with van der Waals surface area (Å²) in [5.41, 5.74) is 1.99. The van der Waals surface area contributed by atoms with E-state index in [1.165, 1.54) is 16.5 Å². The zero-order chi connectivity index (χ0) is 11.0. The molecule has 2 heterocycles.